The molecule has 6 heteroatoms. The Kier molecular flexibility index (Phi) is 4.72. The molecule has 1 unspecified atom stereocenters. The highest BCUT2D eigenvalue weighted by molar-refractivity contribution is 7.16. The summed E-state index contributed by atoms with van der Waals surface area (Å²) in [5.74, 6) is 0. The van der Waals surface area contributed by atoms with Crippen LogP contribution >= 0.6 is 22.9 Å². The maximum Gasteiger partial charge on any atom is 0.315 e. The lowest BCUT2D eigenvalue weighted by molar-refractivity contribution is 0.00624. The number of hydrogen-bond donors (Lipinski definition) is 2. The van der Waals surface area contributed by atoms with Crippen molar-refractivity contribution in [1.29, 1.82) is 0 Å². The van der Waals surface area contributed by atoms with Crippen molar-refractivity contribution >= 4 is 29.0 Å². The van der Waals surface area contributed by atoms with Crippen LogP contribution in [0.15, 0.2) is 12.1 Å². The van der Waals surface area contributed by atoms with Crippen LogP contribution in [-0.2, 0) is 11.3 Å². The van der Waals surface area contributed by atoms with Gasteiger partial charge in [-0.1, -0.05) is 18.0 Å². The summed E-state index contributed by atoms with van der Waals surface area (Å²) in [6.07, 6.45) is 5.63. The summed E-state index contributed by atoms with van der Waals surface area (Å²) in [4.78, 5) is 13.2. The maximum atomic E-state index is 12.1. The number of nitrogens with one attached hydrogen (secondary N) is 2. The molecule has 1 saturated heterocycles. The molecule has 2 aliphatic rings. The van der Waals surface area contributed by atoms with E-state index in [0.29, 0.717) is 6.54 Å². The van der Waals surface area contributed by atoms with E-state index in [1.54, 1.807) is 0 Å². The van der Waals surface area contributed by atoms with Crippen LogP contribution in [-0.4, -0.2) is 25.3 Å². The van der Waals surface area contributed by atoms with Gasteiger partial charge in [0.05, 0.1) is 10.9 Å². The predicted molar refractivity (Wildman–Crippen MR) is 84.8 cm³/mol. The first-order chi connectivity index (χ1) is 10.2. The van der Waals surface area contributed by atoms with Gasteiger partial charge >= 0.3 is 6.03 Å². The molecule has 0 radical (unpaired) electrons. The van der Waals surface area contributed by atoms with Crippen LogP contribution in [0, 0.1) is 5.41 Å². The quantitative estimate of drug-likeness (QED) is 0.891. The third kappa shape index (κ3) is 3.52. The second kappa shape index (κ2) is 6.55. The summed E-state index contributed by atoms with van der Waals surface area (Å²) in [5.41, 5.74) is 0.266. The van der Waals surface area contributed by atoms with Gasteiger partial charge in [0.2, 0.25) is 0 Å². The molecule has 1 aliphatic heterocycles. The summed E-state index contributed by atoms with van der Waals surface area (Å²) in [6, 6.07) is 4.02. The van der Waals surface area contributed by atoms with E-state index in [1.165, 1.54) is 24.2 Å². The van der Waals surface area contributed by atoms with Crippen LogP contribution < -0.4 is 10.6 Å². The van der Waals surface area contributed by atoms with Crippen LogP contribution in [0.3, 0.4) is 0 Å². The van der Waals surface area contributed by atoms with E-state index < -0.39 is 0 Å². The van der Waals surface area contributed by atoms with Crippen molar-refractivity contribution < 1.29 is 9.53 Å². The highest BCUT2D eigenvalue weighted by Gasteiger charge is 2.44. The minimum absolute atomic E-state index is 0.0720. The van der Waals surface area contributed by atoms with Gasteiger partial charge in [0.15, 0.2) is 0 Å². The van der Waals surface area contributed by atoms with Gasteiger partial charge in [-0.25, -0.2) is 4.79 Å². The van der Waals surface area contributed by atoms with E-state index >= 15 is 0 Å². The Morgan fingerprint density at radius 3 is 2.90 bits per heavy atom. The Labute approximate surface area is 134 Å². The van der Waals surface area contributed by atoms with Gasteiger partial charge in [-0.2, -0.15) is 0 Å². The van der Waals surface area contributed by atoms with Crippen LogP contribution in [0.4, 0.5) is 4.79 Å². The molecule has 2 amide bonds. The van der Waals surface area contributed by atoms with Gasteiger partial charge < -0.3 is 15.4 Å². The number of hydrogen-bond acceptors (Lipinski definition) is 3. The van der Waals surface area contributed by atoms with Gasteiger partial charge in [-0.3, -0.25) is 0 Å². The average molecular weight is 329 g/mol. The largest absolute Gasteiger partial charge is 0.381 e. The Morgan fingerprint density at radius 2 is 2.19 bits per heavy atom. The number of halogens is 1. The Morgan fingerprint density at radius 1 is 1.38 bits per heavy atom. The summed E-state index contributed by atoms with van der Waals surface area (Å²) in [6.45, 7) is 2.19. The maximum absolute atomic E-state index is 12.1. The molecule has 2 N–H and O–H groups in total. The van der Waals surface area contributed by atoms with Crippen molar-refractivity contribution in [2.24, 2.45) is 5.41 Å². The third-order valence-electron chi connectivity index (χ3n) is 4.75. The Hall–Kier alpha value is -0.780. The molecule has 3 rings (SSSR count). The summed E-state index contributed by atoms with van der Waals surface area (Å²) in [5, 5.41) is 6.11. The molecule has 21 heavy (non-hydrogen) atoms. The standard InChI is InChI=1S/C15H21ClN2O2S/c16-13-4-3-11(21-13)10-17-14(19)18-12-2-1-5-15(12)6-8-20-9-7-15/h3-4,12H,1-2,5-10H2,(H2,17,18,19). The first-order valence-electron chi connectivity index (χ1n) is 7.54. The molecule has 1 aliphatic carbocycles. The molecule has 1 aromatic rings. The van der Waals surface area contributed by atoms with Gasteiger partial charge in [0.1, 0.15) is 0 Å². The summed E-state index contributed by atoms with van der Waals surface area (Å²) >= 11 is 7.39. The molecule has 116 valence electrons. The number of urea groups is 1. The second-order valence-corrected chi connectivity index (χ2v) is 7.75. The van der Waals surface area contributed by atoms with Gasteiger partial charge in [-0.15, -0.1) is 11.3 Å². The van der Waals surface area contributed by atoms with Gasteiger partial charge in [0.25, 0.3) is 0 Å². The molecule has 1 spiro atoms. The smallest absolute Gasteiger partial charge is 0.315 e. The van der Waals surface area contributed by atoms with Crippen molar-refractivity contribution in [2.45, 2.75) is 44.7 Å². The van der Waals surface area contributed by atoms with Crippen molar-refractivity contribution in [3.8, 4) is 0 Å². The molecular formula is C15H21ClN2O2S. The number of amides is 2. The lowest BCUT2D eigenvalue weighted by atomic mass is 9.75. The van der Waals surface area contributed by atoms with E-state index in [1.807, 2.05) is 12.1 Å². The highest BCUT2D eigenvalue weighted by atomic mass is 35.5. The highest BCUT2D eigenvalue weighted by Crippen LogP contribution is 2.45. The molecule has 0 aromatic carbocycles. The van der Waals surface area contributed by atoms with Gasteiger partial charge in [-0.05, 0) is 43.2 Å². The van der Waals surface area contributed by atoms with Gasteiger partial charge in [0, 0.05) is 24.1 Å². The van der Waals surface area contributed by atoms with E-state index in [-0.39, 0.29) is 17.5 Å². The number of rotatable bonds is 3. The fourth-order valence-corrected chi connectivity index (χ4v) is 4.59. The van der Waals surface area contributed by atoms with Crippen molar-refractivity contribution in [2.75, 3.05) is 13.2 Å². The molecule has 1 aromatic heterocycles. The zero-order valence-corrected chi connectivity index (χ0v) is 13.6. The van der Waals surface area contributed by atoms with Crippen LogP contribution in [0.2, 0.25) is 4.34 Å². The zero-order valence-electron chi connectivity index (χ0n) is 12.0. The fraction of sp³-hybridized carbons (Fsp3) is 0.667. The molecule has 4 nitrogen and oxygen atoms in total. The monoisotopic (exact) mass is 328 g/mol. The topological polar surface area (TPSA) is 50.4 Å². The predicted octanol–water partition coefficient (Wildman–Crippen LogP) is 3.55. The summed E-state index contributed by atoms with van der Waals surface area (Å²) < 4.78 is 6.23. The molecule has 2 heterocycles. The van der Waals surface area contributed by atoms with E-state index in [2.05, 4.69) is 10.6 Å². The number of carbonyl (C=O) groups is 1. The lowest BCUT2D eigenvalue weighted by Gasteiger charge is -2.39. The van der Waals surface area contributed by atoms with E-state index in [0.717, 1.165) is 41.7 Å². The first kappa shape index (κ1) is 15.1. The van der Waals surface area contributed by atoms with Crippen LogP contribution in [0.1, 0.15) is 37.0 Å². The lowest BCUT2D eigenvalue weighted by Crippen LogP contribution is -2.50. The third-order valence-corrected chi connectivity index (χ3v) is 5.98. The number of ether oxygens (including phenoxy) is 1. The Bertz CT molecular complexity index is 500. The first-order valence-corrected chi connectivity index (χ1v) is 8.74. The van der Waals surface area contributed by atoms with Crippen LogP contribution in [0.25, 0.3) is 0 Å². The molecule has 2 fully saturated rings. The zero-order chi connectivity index (χ0) is 14.7. The van der Waals surface area contributed by atoms with Crippen LogP contribution in [0.5, 0.6) is 0 Å². The van der Waals surface area contributed by atoms with E-state index in [9.17, 15) is 4.79 Å². The second-order valence-electron chi connectivity index (χ2n) is 5.95. The van der Waals surface area contributed by atoms with Crippen molar-refractivity contribution in [3.05, 3.63) is 21.3 Å². The molecule has 0 bridgehead atoms. The number of carbonyl (C=O) groups excluding carboxylic acids is 1. The Balaban J connectivity index is 1.51. The fourth-order valence-electron chi connectivity index (χ4n) is 3.56. The average Bonchev–Trinajstić information content (AvgIpc) is 3.05. The summed E-state index contributed by atoms with van der Waals surface area (Å²) in [7, 11) is 0. The van der Waals surface area contributed by atoms with E-state index in [4.69, 9.17) is 16.3 Å². The molecular weight excluding hydrogens is 308 g/mol. The molecule has 1 atom stereocenters. The molecule has 1 saturated carbocycles. The minimum atomic E-state index is -0.0720. The minimum Gasteiger partial charge on any atom is -0.381 e. The normalized spacial score (nSPS) is 24.1. The van der Waals surface area contributed by atoms with Crippen molar-refractivity contribution in [1.82, 2.24) is 10.6 Å². The number of thiophene rings is 1. The SMILES string of the molecule is O=C(NCc1ccc(Cl)s1)NC1CCCC12CCOCC2. The van der Waals surface area contributed by atoms with Crippen molar-refractivity contribution in [3.63, 3.8) is 0 Å².